The van der Waals surface area contributed by atoms with E-state index in [0.29, 0.717) is 19.6 Å². The summed E-state index contributed by atoms with van der Waals surface area (Å²) in [7, 11) is 0. The fourth-order valence-corrected chi connectivity index (χ4v) is 1.66. The van der Waals surface area contributed by atoms with Crippen LogP contribution in [0.1, 0.15) is 24.4 Å². The number of rotatable bonds is 9. The van der Waals surface area contributed by atoms with Gasteiger partial charge in [0, 0.05) is 12.6 Å². The molecule has 0 saturated carbocycles. The summed E-state index contributed by atoms with van der Waals surface area (Å²) in [6, 6.07) is 12.3. The monoisotopic (exact) mass is 244 g/mol. The van der Waals surface area contributed by atoms with E-state index in [2.05, 4.69) is 18.0 Å². The normalized spacial score (nSPS) is 11.7. The van der Waals surface area contributed by atoms with Gasteiger partial charge >= 0.3 is 0 Å². The summed E-state index contributed by atoms with van der Waals surface area (Å²) in [5, 5.41) is 12.2. The van der Waals surface area contributed by atoms with Crippen molar-refractivity contribution >= 4 is 0 Å². The summed E-state index contributed by atoms with van der Waals surface area (Å²) >= 11 is 0. The fraction of sp³-hybridized carbons (Fsp3) is 0.400. The third-order valence-electron chi connectivity index (χ3n) is 2.60. The van der Waals surface area contributed by atoms with Crippen LogP contribution in [-0.4, -0.2) is 19.8 Å². The fourth-order valence-electron chi connectivity index (χ4n) is 1.66. The Hall–Kier alpha value is -1.63. The van der Waals surface area contributed by atoms with Crippen LogP contribution >= 0.6 is 0 Å². The van der Waals surface area contributed by atoms with E-state index in [0.717, 1.165) is 18.5 Å². The Morgan fingerprint density at radius 1 is 1.33 bits per heavy atom. The first-order valence-electron chi connectivity index (χ1n) is 6.22. The Balaban J connectivity index is 2.31. The number of hydrogen-bond acceptors (Lipinski definition) is 3. The van der Waals surface area contributed by atoms with Gasteiger partial charge in [-0.1, -0.05) is 36.4 Å². The quantitative estimate of drug-likeness (QED) is 0.536. The van der Waals surface area contributed by atoms with E-state index in [1.165, 1.54) is 0 Å². The van der Waals surface area contributed by atoms with Gasteiger partial charge in [-0.25, -0.2) is 0 Å². The molecule has 1 atom stereocenters. The summed E-state index contributed by atoms with van der Waals surface area (Å²) in [6.07, 6.45) is 3.19. The minimum Gasteiger partial charge on any atom is -0.380 e. The van der Waals surface area contributed by atoms with Crippen LogP contribution in [0, 0.1) is 11.3 Å². The van der Waals surface area contributed by atoms with Gasteiger partial charge in [-0.15, -0.1) is 6.58 Å². The SMILES string of the molecule is C=CCCOCCNC(CC#N)c1ccccc1. The molecule has 0 fully saturated rings. The Morgan fingerprint density at radius 3 is 2.78 bits per heavy atom. The number of nitriles is 1. The summed E-state index contributed by atoms with van der Waals surface area (Å²) in [5.74, 6) is 0. The lowest BCUT2D eigenvalue weighted by molar-refractivity contribution is 0.138. The highest BCUT2D eigenvalue weighted by molar-refractivity contribution is 5.19. The van der Waals surface area contributed by atoms with E-state index in [1.807, 2.05) is 36.4 Å². The van der Waals surface area contributed by atoms with Gasteiger partial charge in [0.15, 0.2) is 0 Å². The molecule has 0 amide bonds. The second-order valence-corrected chi connectivity index (χ2v) is 3.97. The first kappa shape index (κ1) is 14.4. The van der Waals surface area contributed by atoms with Crippen LogP contribution in [0.2, 0.25) is 0 Å². The number of benzene rings is 1. The maximum atomic E-state index is 8.84. The summed E-state index contributed by atoms with van der Waals surface area (Å²) < 4.78 is 5.42. The number of hydrogen-bond donors (Lipinski definition) is 1. The molecule has 3 nitrogen and oxygen atoms in total. The molecule has 3 heteroatoms. The van der Waals surface area contributed by atoms with Crippen LogP contribution in [0.5, 0.6) is 0 Å². The van der Waals surface area contributed by atoms with Crippen LogP contribution in [0.3, 0.4) is 0 Å². The van der Waals surface area contributed by atoms with Gasteiger partial charge in [-0.2, -0.15) is 5.26 Å². The lowest BCUT2D eigenvalue weighted by Crippen LogP contribution is -2.25. The van der Waals surface area contributed by atoms with Crippen LogP contribution in [0.4, 0.5) is 0 Å². The topological polar surface area (TPSA) is 45.0 Å². The molecule has 18 heavy (non-hydrogen) atoms. The Kier molecular flexibility index (Phi) is 7.54. The summed E-state index contributed by atoms with van der Waals surface area (Å²) in [6.45, 7) is 5.75. The average Bonchev–Trinajstić information content (AvgIpc) is 2.42. The van der Waals surface area contributed by atoms with Crippen LogP contribution in [-0.2, 0) is 4.74 Å². The molecule has 1 rings (SSSR count). The summed E-state index contributed by atoms with van der Waals surface area (Å²) in [4.78, 5) is 0. The lowest BCUT2D eigenvalue weighted by Gasteiger charge is -2.16. The van der Waals surface area contributed by atoms with Gasteiger partial charge in [0.25, 0.3) is 0 Å². The number of nitrogens with one attached hydrogen (secondary N) is 1. The molecule has 0 spiro atoms. The molecule has 96 valence electrons. The minimum absolute atomic E-state index is 0.0826. The van der Waals surface area contributed by atoms with Crippen molar-refractivity contribution in [3.63, 3.8) is 0 Å². The zero-order valence-electron chi connectivity index (χ0n) is 10.6. The third-order valence-corrected chi connectivity index (χ3v) is 2.60. The van der Waals surface area contributed by atoms with Gasteiger partial charge in [0.05, 0.1) is 25.7 Å². The van der Waals surface area contributed by atoms with Gasteiger partial charge in [-0.3, -0.25) is 0 Å². The van der Waals surface area contributed by atoms with Crippen molar-refractivity contribution in [3.05, 3.63) is 48.6 Å². The highest BCUT2D eigenvalue weighted by Gasteiger charge is 2.09. The molecular weight excluding hydrogens is 224 g/mol. The van der Waals surface area contributed by atoms with Crippen molar-refractivity contribution in [1.82, 2.24) is 5.32 Å². The molecule has 0 heterocycles. The predicted molar refractivity (Wildman–Crippen MR) is 73.0 cm³/mol. The van der Waals surface area contributed by atoms with Crippen LogP contribution < -0.4 is 5.32 Å². The van der Waals surface area contributed by atoms with Crippen molar-refractivity contribution in [2.24, 2.45) is 0 Å². The standard InChI is InChI=1S/C15H20N2O/c1-2-3-12-18-13-11-17-15(9-10-16)14-7-5-4-6-8-14/h2,4-8,15,17H,1,3,9,11-13H2. The Bertz CT molecular complexity index is 370. The minimum atomic E-state index is 0.0826. The van der Waals surface area contributed by atoms with Crippen LogP contribution in [0.15, 0.2) is 43.0 Å². The first-order chi connectivity index (χ1) is 8.88. The molecule has 0 aliphatic heterocycles. The van der Waals surface area contributed by atoms with E-state index >= 15 is 0 Å². The molecular formula is C15H20N2O. The molecule has 1 N–H and O–H groups in total. The largest absolute Gasteiger partial charge is 0.380 e. The molecule has 0 aliphatic rings. The molecule has 0 saturated heterocycles. The van der Waals surface area contributed by atoms with Crippen molar-refractivity contribution in [2.75, 3.05) is 19.8 Å². The molecule has 1 unspecified atom stereocenters. The maximum absolute atomic E-state index is 8.84. The molecule has 0 aromatic heterocycles. The van der Waals surface area contributed by atoms with E-state index in [9.17, 15) is 0 Å². The van der Waals surface area contributed by atoms with Gasteiger partial charge < -0.3 is 10.1 Å². The van der Waals surface area contributed by atoms with E-state index in [4.69, 9.17) is 10.00 Å². The molecule has 0 aliphatic carbocycles. The van der Waals surface area contributed by atoms with E-state index < -0.39 is 0 Å². The summed E-state index contributed by atoms with van der Waals surface area (Å²) in [5.41, 5.74) is 1.14. The zero-order chi connectivity index (χ0) is 13.1. The highest BCUT2D eigenvalue weighted by atomic mass is 16.5. The molecule has 1 aromatic rings. The smallest absolute Gasteiger partial charge is 0.0641 e. The number of nitrogens with zero attached hydrogens (tertiary/aromatic N) is 1. The first-order valence-corrected chi connectivity index (χ1v) is 6.22. The van der Waals surface area contributed by atoms with Gasteiger partial charge in [-0.05, 0) is 12.0 Å². The van der Waals surface area contributed by atoms with Crippen molar-refractivity contribution in [3.8, 4) is 6.07 Å². The second kappa shape index (κ2) is 9.41. The molecule has 1 aromatic carbocycles. The average molecular weight is 244 g/mol. The van der Waals surface area contributed by atoms with Gasteiger partial charge in [0.2, 0.25) is 0 Å². The molecule has 0 radical (unpaired) electrons. The maximum Gasteiger partial charge on any atom is 0.0641 e. The Labute approximate surface area is 109 Å². The Morgan fingerprint density at radius 2 is 2.11 bits per heavy atom. The van der Waals surface area contributed by atoms with E-state index in [-0.39, 0.29) is 6.04 Å². The lowest BCUT2D eigenvalue weighted by atomic mass is 10.0. The van der Waals surface area contributed by atoms with Crippen molar-refractivity contribution in [2.45, 2.75) is 18.9 Å². The highest BCUT2D eigenvalue weighted by Crippen LogP contribution is 2.15. The van der Waals surface area contributed by atoms with E-state index in [1.54, 1.807) is 0 Å². The van der Waals surface area contributed by atoms with Gasteiger partial charge in [0.1, 0.15) is 0 Å². The van der Waals surface area contributed by atoms with Crippen LogP contribution in [0.25, 0.3) is 0 Å². The third kappa shape index (κ3) is 5.62. The molecule has 0 bridgehead atoms. The predicted octanol–water partition coefficient (Wildman–Crippen LogP) is 2.82. The zero-order valence-corrected chi connectivity index (χ0v) is 10.6. The second-order valence-electron chi connectivity index (χ2n) is 3.97. The van der Waals surface area contributed by atoms with Crippen molar-refractivity contribution < 1.29 is 4.74 Å². The number of ether oxygens (including phenoxy) is 1. The van der Waals surface area contributed by atoms with Crippen molar-refractivity contribution in [1.29, 1.82) is 5.26 Å².